The molecule has 0 saturated carbocycles. The van der Waals surface area contributed by atoms with Crippen molar-refractivity contribution in [3.63, 3.8) is 0 Å². The molecule has 1 unspecified atom stereocenters. The van der Waals surface area contributed by atoms with Gasteiger partial charge in [-0.1, -0.05) is 6.07 Å². The minimum atomic E-state index is -0.898. The zero-order chi connectivity index (χ0) is 18.7. The molecule has 3 rings (SSSR count). The zero-order valence-electron chi connectivity index (χ0n) is 15.2. The number of ketones is 1. The minimum absolute atomic E-state index is 0.227. The summed E-state index contributed by atoms with van der Waals surface area (Å²) in [4.78, 5) is 17.1. The van der Waals surface area contributed by atoms with Crippen LogP contribution in [0.5, 0.6) is 0 Å². The van der Waals surface area contributed by atoms with E-state index < -0.39 is 5.92 Å². The van der Waals surface area contributed by atoms with Crippen molar-refractivity contribution in [1.29, 1.82) is 5.26 Å². The summed E-state index contributed by atoms with van der Waals surface area (Å²) in [6.45, 7) is 5.50. The predicted molar refractivity (Wildman–Crippen MR) is 100 cm³/mol. The van der Waals surface area contributed by atoms with Gasteiger partial charge in [-0.25, -0.2) is 0 Å². The van der Waals surface area contributed by atoms with Crippen molar-refractivity contribution in [3.05, 3.63) is 65.1 Å². The Bertz CT molecular complexity index is 984. The first kappa shape index (κ1) is 17.8. The molecule has 1 atom stereocenters. The van der Waals surface area contributed by atoms with Gasteiger partial charge in [0, 0.05) is 42.0 Å². The number of ether oxygens (including phenoxy) is 1. The highest BCUT2D eigenvalue weighted by molar-refractivity contribution is 6.05. The number of carbonyl (C=O) groups is 1. The number of nitrogens with zero attached hydrogens (tertiary/aromatic N) is 3. The van der Waals surface area contributed by atoms with Crippen LogP contribution in [0.25, 0.3) is 10.9 Å². The van der Waals surface area contributed by atoms with Crippen LogP contribution in [0.15, 0.2) is 42.6 Å². The Morgan fingerprint density at radius 3 is 2.77 bits per heavy atom. The SMILES string of the molecule is COCCn1c(C)c(C)c2cc(C(=O)C(C#N)c3ccccn3)ccc21. The van der Waals surface area contributed by atoms with E-state index in [1.54, 1.807) is 37.6 Å². The van der Waals surface area contributed by atoms with Gasteiger partial charge in [0.2, 0.25) is 0 Å². The average molecular weight is 347 g/mol. The summed E-state index contributed by atoms with van der Waals surface area (Å²) in [6.07, 6.45) is 1.60. The summed E-state index contributed by atoms with van der Waals surface area (Å²) < 4.78 is 7.40. The maximum Gasteiger partial charge on any atom is 0.186 e. The number of hydrogen-bond donors (Lipinski definition) is 0. The van der Waals surface area contributed by atoms with Gasteiger partial charge in [0.1, 0.15) is 0 Å². The molecule has 132 valence electrons. The number of rotatable bonds is 6. The molecule has 0 aliphatic carbocycles. The Morgan fingerprint density at radius 2 is 2.12 bits per heavy atom. The summed E-state index contributed by atoms with van der Waals surface area (Å²) in [6, 6.07) is 13.0. The second kappa shape index (κ2) is 7.51. The molecule has 0 bridgehead atoms. The van der Waals surface area contributed by atoms with Crippen molar-refractivity contribution >= 4 is 16.7 Å². The van der Waals surface area contributed by atoms with Gasteiger partial charge < -0.3 is 9.30 Å². The molecule has 2 heterocycles. The molecule has 0 fully saturated rings. The molecule has 0 N–H and O–H groups in total. The number of Topliss-reactive ketones (excluding diaryl/α,β-unsaturated/α-hetero) is 1. The molecule has 5 heteroatoms. The summed E-state index contributed by atoms with van der Waals surface area (Å²) >= 11 is 0. The first-order chi connectivity index (χ1) is 12.6. The van der Waals surface area contributed by atoms with E-state index >= 15 is 0 Å². The number of carbonyl (C=O) groups excluding carboxylic acids is 1. The number of hydrogen-bond acceptors (Lipinski definition) is 4. The molecule has 0 radical (unpaired) electrons. The van der Waals surface area contributed by atoms with Gasteiger partial charge in [0.15, 0.2) is 11.7 Å². The van der Waals surface area contributed by atoms with Gasteiger partial charge >= 0.3 is 0 Å². The van der Waals surface area contributed by atoms with Crippen molar-refractivity contribution in [2.24, 2.45) is 0 Å². The summed E-state index contributed by atoms with van der Waals surface area (Å²) in [5, 5.41) is 10.5. The number of nitriles is 1. The third-order valence-electron chi connectivity index (χ3n) is 4.82. The highest BCUT2D eigenvalue weighted by Crippen LogP contribution is 2.28. The van der Waals surface area contributed by atoms with E-state index in [0.717, 1.165) is 28.7 Å². The van der Waals surface area contributed by atoms with E-state index in [4.69, 9.17) is 4.74 Å². The van der Waals surface area contributed by atoms with Crippen LogP contribution in [0.3, 0.4) is 0 Å². The first-order valence-corrected chi connectivity index (χ1v) is 8.51. The standard InChI is InChI=1S/C21H21N3O2/c1-14-15(2)24(10-11-26-3)20-8-7-16(12-17(14)20)21(25)18(13-22)19-6-4-5-9-23-19/h4-9,12,18H,10-11H2,1-3H3. The lowest BCUT2D eigenvalue weighted by atomic mass is 9.94. The molecular formula is C21H21N3O2. The topological polar surface area (TPSA) is 67.9 Å². The number of methoxy groups -OCH3 is 1. The molecule has 0 aliphatic rings. The van der Waals surface area contributed by atoms with E-state index in [1.807, 2.05) is 12.1 Å². The Labute approximate surface area is 152 Å². The average Bonchev–Trinajstić information content (AvgIpc) is 2.91. The molecule has 5 nitrogen and oxygen atoms in total. The van der Waals surface area contributed by atoms with Crippen LogP contribution in [-0.2, 0) is 11.3 Å². The number of aryl methyl sites for hydroxylation is 1. The van der Waals surface area contributed by atoms with E-state index in [0.29, 0.717) is 17.9 Å². The Balaban J connectivity index is 2.02. The van der Waals surface area contributed by atoms with Gasteiger partial charge in [-0.3, -0.25) is 9.78 Å². The minimum Gasteiger partial charge on any atom is -0.383 e. The Kier molecular flexibility index (Phi) is 5.15. The van der Waals surface area contributed by atoms with Gasteiger partial charge in [-0.2, -0.15) is 5.26 Å². The van der Waals surface area contributed by atoms with Crippen LogP contribution < -0.4 is 0 Å². The number of pyridine rings is 1. The van der Waals surface area contributed by atoms with Gasteiger partial charge in [-0.15, -0.1) is 0 Å². The number of fused-ring (bicyclic) bond motifs is 1. The van der Waals surface area contributed by atoms with Gasteiger partial charge in [0.05, 0.1) is 18.4 Å². The van der Waals surface area contributed by atoms with Crippen LogP contribution in [0, 0.1) is 25.2 Å². The van der Waals surface area contributed by atoms with Crippen LogP contribution in [0.1, 0.15) is 33.2 Å². The van der Waals surface area contributed by atoms with Crippen molar-refractivity contribution in [2.45, 2.75) is 26.3 Å². The molecule has 3 aromatic rings. The monoisotopic (exact) mass is 347 g/mol. The fourth-order valence-electron chi connectivity index (χ4n) is 3.25. The molecule has 0 saturated heterocycles. The summed E-state index contributed by atoms with van der Waals surface area (Å²) in [5.41, 5.74) is 4.37. The summed E-state index contributed by atoms with van der Waals surface area (Å²) in [5.74, 6) is -1.12. The quantitative estimate of drug-likeness (QED) is 0.636. The lowest BCUT2D eigenvalue weighted by Gasteiger charge is -2.09. The maximum atomic E-state index is 12.9. The van der Waals surface area contributed by atoms with Crippen molar-refractivity contribution in [2.75, 3.05) is 13.7 Å². The molecular weight excluding hydrogens is 326 g/mol. The predicted octanol–water partition coefficient (Wildman–Crippen LogP) is 3.79. The normalized spacial score (nSPS) is 12.1. The van der Waals surface area contributed by atoms with Crippen molar-refractivity contribution in [3.8, 4) is 6.07 Å². The van der Waals surface area contributed by atoms with E-state index in [1.165, 1.54) is 0 Å². The molecule has 0 spiro atoms. The Morgan fingerprint density at radius 1 is 1.31 bits per heavy atom. The van der Waals surface area contributed by atoms with Crippen molar-refractivity contribution < 1.29 is 9.53 Å². The number of aromatic nitrogens is 2. The van der Waals surface area contributed by atoms with E-state index in [9.17, 15) is 10.1 Å². The molecule has 0 aliphatic heterocycles. The Hall–Kier alpha value is -2.97. The summed E-state index contributed by atoms with van der Waals surface area (Å²) in [7, 11) is 1.68. The lowest BCUT2D eigenvalue weighted by molar-refractivity contribution is 0.0977. The smallest absolute Gasteiger partial charge is 0.186 e. The van der Waals surface area contributed by atoms with E-state index in [2.05, 4.69) is 29.5 Å². The second-order valence-electron chi connectivity index (χ2n) is 6.27. The fourth-order valence-corrected chi connectivity index (χ4v) is 3.25. The molecule has 2 aromatic heterocycles. The molecule has 0 amide bonds. The van der Waals surface area contributed by atoms with Crippen molar-refractivity contribution in [1.82, 2.24) is 9.55 Å². The van der Waals surface area contributed by atoms with Gasteiger partial charge in [0.25, 0.3) is 0 Å². The van der Waals surface area contributed by atoms with Gasteiger partial charge in [-0.05, 0) is 49.7 Å². The molecule has 26 heavy (non-hydrogen) atoms. The van der Waals surface area contributed by atoms with E-state index in [-0.39, 0.29) is 5.78 Å². The first-order valence-electron chi connectivity index (χ1n) is 8.51. The lowest BCUT2D eigenvalue weighted by Crippen LogP contribution is -2.12. The highest BCUT2D eigenvalue weighted by atomic mass is 16.5. The largest absolute Gasteiger partial charge is 0.383 e. The fraction of sp³-hybridized carbons (Fsp3) is 0.286. The molecule has 1 aromatic carbocycles. The van der Waals surface area contributed by atoms with Crippen LogP contribution in [0.4, 0.5) is 0 Å². The highest BCUT2D eigenvalue weighted by Gasteiger charge is 2.24. The third kappa shape index (κ3) is 3.12. The van der Waals surface area contributed by atoms with Crippen LogP contribution in [-0.4, -0.2) is 29.1 Å². The number of benzene rings is 1. The third-order valence-corrected chi connectivity index (χ3v) is 4.82. The van der Waals surface area contributed by atoms with Crippen LogP contribution >= 0.6 is 0 Å². The maximum absolute atomic E-state index is 12.9. The second-order valence-corrected chi connectivity index (χ2v) is 6.27. The van der Waals surface area contributed by atoms with Crippen LogP contribution in [0.2, 0.25) is 0 Å². The zero-order valence-corrected chi connectivity index (χ0v) is 15.2.